The van der Waals surface area contributed by atoms with Gasteiger partial charge in [-0.3, -0.25) is 0 Å². The Morgan fingerprint density at radius 3 is 2.59 bits per heavy atom. The number of nitrogens with one attached hydrogen (secondary N) is 1. The van der Waals surface area contributed by atoms with Crippen molar-refractivity contribution in [3.63, 3.8) is 0 Å². The van der Waals surface area contributed by atoms with Gasteiger partial charge in [0, 0.05) is 23.4 Å². The first-order valence-corrected chi connectivity index (χ1v) is 6.97. The maximum Gasteiger partial charge on any atom is 0.0253 e. The van der Waals surface area contributed by atoms with Crippen LogP contribution in [0.1, 0.15) is 16.0 Å². The van der Waals surface area contributed by atoms with E-state index >= 15 is 0 Å². The van der Waals surface area contributed by atoms with Gasteiger partial charge in [0.1, 0.15) is 0 Å². The van der Waals surface area contributed by atoms with Crippen molar-refractivity contribution in [1.82, 2.24) is 5.32 Å². The van der Waals surface area contributed by atoms with Crippen molar-refractivity contribution in [2.75, 3.05) is 13.1 Å². The highest BCUT2D eigenvalue weighted by atomic mass is 32.1. The van der Waals surface area contributed by atoms with Crippen molar-refractivity contribution >= 4 is 11.3 Å². The smallest absolute Gasteiger partial charge is 0.0253 e. The van der Waals surface area contributed by atoms with E-state index in [4.69, 9.17) is 0 Å². The fourth-order valence-corrected chi connectivity index (χ4v) is 3.60. The van der Waals surface area contributed by atoms with Gasteiger partial charge in [-0.05, 0) is 35.9 Å². The molecule has 0 bridgehead atoms. The highest BCUT2D eigenvalue weighted by Gasteiger charge is 2.39. The summed E-state index contributed by atoms with van der Waals surface area (Å²) in [5.41, 5.74) is 3.27. The Kier molecular flexibility index (Phi) is 2.77. The molecular formula is C15H17NS. The molecule has 3 rings (SSSR count). The molecule has 2 heterocycles. The molecule has 1 saturated heterocycles. The van der Waals surface area contributed by atoms with Gasteiger partial charge in [0.05, 0.1) is 0 Å². The van der Waals surface area contributed by atoms with Gasteiger partial charge in [-0.2, -0.15) is 0 Å². The van der Waals surface area contributed by atoms with Gasteiger partial charge in [0.2, 0.25) is 0 Å². The van der Waals surface area contributed by atoms with Crippen molar-refractivity contribution < 1.29 is 0 Å². The summed E-state index contributed by atoms with van der Waals surface area (Å²) in [7, 11) is 0. The summed E-state index contributed by atoms with van der Waals surface area (Å²) in [6.07, 6.45) is 1.17. The lowest BCUT2D eigenvalue weighted by molar-refractivity contribution is 0.275. The van der Waals surface area contributed by atoms with E-state index in [2.05, 4.69) is 54.0 Å². The second kappa shape index (κ2) is 4.28. The Morgan fingerprint density at radius 2 is 2.00 bits per heavy atom. The number of aryl methyl sites for hydroxylation is 1. The van der Waals surface area contributed by atoms with E-state index in [1.54, 1.807) is 0 Å². The number of benzene rings is 1. The van der Waals surface area contributed by atoms with Gasteiger partial charge in [0.25, 0.3) is 0 Å². The molecule has 0 radical (unpaired) electrons. The van der Waals surface area contributed by atoms with Crippen molar-refractivity contribution in [3.8, 4) is 0 Å². The summed E-state index contributed by atoms with van der Waals surface area (Å²) in [4.78, 5) is 1.50. The molecule has 1 fully saturated rings. The number of thiophene rings is 1. The molecule has 1 nitrogen and oxygen atoms in total. The molecule has 0 aliphatic carbocycles. The second-order valence-electron chi connectivity index (χ2n) is 4.95. The Morgan fingerprint density at radius 1 is 1.18 bits per heavy atom. The first-order valence-electron chi connectivity index (χ1n) is 6.09. The average molecular weight is 243 g/mol. The van der Waals surface area contributed by atoms with Crippen LogP contribution in [0.4, 0.5) is 0 Å². The minimum absolute atomic E-state index is 0.330. The third-order valence-electron chi connectivity index (χ3n) is 3.74. The predicted molar refractivity (Wildman–Crippen MR) is 73.7 cm³/mol. The lowest BCUT2D eigenvalue weighted by atomic mass is 9.71. The van der Waals surface area contributed by atoms with Crippen LogP contribution in [0.2, 0.25) is 0 Å². The molecule has 2 heteroatoms. The third kappa shape index (κ3) is 1.92. The topological polar surface area (TPSA) is 12.0 Å². The van der Waals surface area contributed by atoms with Gasteiger partial charge in [0.15, 0.2) is 0 Å². The molecule has 1 aromatic heterocycles. The quantitative estimate of drug-likeness (QED) is 0.873. The van der Waals surface area contributed by atoms with Crippen LogP contribution in [0.5, 0.6) is 0 Å². The molecule has 88 valence electrons. The second-order valence-corrected chi connectivity index (χ2v) is 5.99. The molecule has 0 atom stereocenters. The Balaban J connectivity index is 1.95. The largest absolute Gasteiger partial charge is 0.315 e. The highest BCUT2D eigenvalue weighted by molar-refractivity contribution is 7.09. The van der Waals surface area contributed by atoms with Crippen LogP contribution in [0.3, 0.4) is 0 Å². The molecular weight excluding hydrogens is 226 g/mol. The predicted octanol–water partition coefficient (Wildman–Crippen LogP) is 3.14. The molecule has 0 saturated carbocycles. The number of rotatable bonds is 3. The van der Waals surface area contributed by atoms with E-state index < -0.39 is 0 Å². The molecule has 1 aliphatic heterocycles. The van der Waals surface area contributed by atoms with E-state index in [9.17, 15) is 0 Å². The standard InChI is InChI=1S/C15H17NS/c1-12-5-2-3-7-14(12)15(10-16-11-15)9-13-6-4-8-17-13/h2-8,16H,9-11H2,1H3. The zero-order valence-electron chi connectivity index (χ0n) is 10.1. The van der Waals surface area contributed by atoms with Gasteiger partial charge in [-0.25, -0.2) is 0 Å². The minimum atomic E-state index is 0.330. The van der Waals surface area contributed by atoms with Crippen molar-refractivity contribution in [3.05, 3.63) is 57.8 Å². The Bertz CT molecular complexity index is 497. The van der Waals surface area contributed by atoms with Crippen molar-refractivity contribution in [2.45, 2.75) is 18.8 Å². The van der Waals surface area contributed by atoms with Crippen LogP contribution >= 0.6 is 11.3 Å². The van der Waals surface area contributed by atoms with Gasteiger partial charge >= 0.3 is 0 Å². The fraction of sp³-hybridized carbons (Fsp3) is 0.333. The van der Waals surface area contributed by atoms with Crippen LogP contribution in [0.15, 0.2) is 41.8 Å². The Hall–Kier alpha value is -1.12. The number of hydrogen-bond donors (Lipinski definition) is 1. The summed E-state index contributed by atoms with van der Waals surface area (Å²) in [6.45, 7) is 4.44. The maximum atomic E-state index is 3.44. The number of hydrogen-bond acceptors (Lipinski definition) is 2. The van der Waals surface area contributed by atoms with Crippen molar-refractivity contribution in [2.24, 2.45) is 0 Å². The monoisotopic (exact) mass is 243 g/mol. The summed E-state index contributed by atoms with van der Waals surface area (Å²) >= 11 is 1.87. The molecule has 1 aromatic carbocycles. The van der Waals surface area contributed by atoms with E-state index in [0.717, 1.165) is 13.1 Å². The van der Waals surface area contributed by atoms with Crippen LogP contribution in [0.25, 0.3) is 0 Å². The molecule has 0 amide bonds. The fourth-order valence-electron chi connectivity index (χ4n) is 2.75. The van der Waals surface area contributed by atoms with E-state index in [0.29, 0.717) is 5.41 Å². The summed E-state index contributed by atoms with van der Waals surface area (Å²) in [6, 6.07) is 13.2. The Labute approximate surface area is 106 Å². The molecule has 0 unspecified atom stereocenters. The normalized spacial score (nSPS) is 17.7. The highest BCUT2D eigenvalue weighted by Crippen LogP contribution is 2.35. The van der Waals surface area contributed by atoms with Crippen LogP contribution in [-0.4, -0.2) is 13.1 Å². The summed E-state index contributed by atoms with van der Waals surface area (Å²) < 4.78 is 0. The van der Waals surface area contributed by atoms with Gasteiger partial charge in [-0.1, -0.05) is 30.3 Å². The first-order chi connectivity index (χ1) is 8.30. The SMILES string of the molecule is Cc1ccccc1C1(Cc2cccs2)CNC1. The molecule has 1 N–H and O–H groups in total. The maximum absolute atomic E-state index is 3.44. The van der Waals surface area contributed by atoms with Crippen molar-refractivity contribution in [1.29, 1.82) is 0 Å². The first kappa shape index (κ1) is 11.0. The average Bonchev–Trinajstić information content (AvgIpc) is 2.77. The zero-order valence-corrected chi connectivity index (χ0v) is 10.9. The van der Waals surface area contributed by atoms with Gasteiger partial charge < -0.3 is 5.32 Å². The minimum Gasteiger partial charge on any atom is -0.315 e. The molecule has 0 spiro atoms. The van der Waals surface area contributed by atoms with E-state index in [1.807, 2.05) is 11.3 Å². The summed E-state index contributed by atoms with van der Waals surface area (Å²) in [5.74, 6) is 0. The van der Waals surface area contributed by atoms with Gasteiger partial charge in [-0.15, -0.1) is 11.3 Å². The van der Waals surface area contributed by atoms with E-state index in [-0.39, 0.29) is 0 Å². The molecule has 2 aromatic rings. The summed E-state index contributed by atoms with van der Waals surface area (Å²) in [5, 5.41) is 5.62. The third-order valence-corrected chi connectivity index (χ3v) is 4.61. The van der Waals surface area contributed by atoms with E-state index in [1.165, 1.54) is 22.4 Å². The molecule has 17 heavy (non-hydrogen) atoms. The van der Waals surface area contributed by atoms with Crippen LogP contribution in [-0.2, 0) is 11.8 Å². The zero-order chi connectivity index (χ0) is 11.7. The van der Waals surface area contributed by atoms with Crippen LogP contribution < -0.4 is 5.32 Å². The lowest BCUT2D eigenvalue weighted by Gasteiger charge is -2.44. The van der Waals surface area contributed by atoms with Crippen LogP contribution in [0, 0.1) is 6.92 Å². The molecule has 1 aliphatic rings. The lowest BCUT2D eigenvalue weighted by Crippen LogP contribution is -2.58.